The average Bonchev–Trinajstić information content (AvgIpc) is 3.53. The predicted octanol–water partition coefficient (Wildman–Crippen LogP) is 4.56. The smallest absolute Gasteiger partial charge is 0.150 e. The van der Waals surface area contributed by atoms with Crippen molar-refractivity contribution in [2.24, 2.45) is 5.92 Å². The minimum Gasteiger partial charge on any atom is -0.456 e. The number of rotatable bonds is 5. The molecule has 3 aromatic heterocycles. The number of H-pyrrole nitrogens is 1. The highest BCUT2D eigenvalue weighted by Crippen LogP contribution is 2.35. The minimum atomic E-state index is -2.92. The number of imidazole rings is 1. The molecule has 0 spiro atoms. The number of hydrogen-bond donors (Lipinski definition) is 1. The molecule has 35 heavy (non-hydrogen) atoms. The van der Waals surface area contributed by atoms with Crippen LogP contribution >= 0.6 is 11.6 Å². The van der Waals surface area contributed by atoms with Crippen molar-refractivity contribution >= 4 is 43.5 Å². The van der Waals surface area contributed by atoms with E-state index in [2.05, 4.69) is 20.1 Å². The Morgan fingerprint density at radius 3 is 2.86 bits per heavy atom. The second kappa shape index (κ2) is 8.31. The van der Waals surface area contributed by atoms with Crippen molar-refractivity contribution in [3.63, 3.8) is 0 Å². The summed E-state index contributed by atoms with van der Waals surface area (Å²) in [6, 6.07) is 9.20. The number of aryl methyl sites for hydroxylation is 1. The number of nitrogens with zero attached hydrogens (tertiary/aromatic N) is 5. The Hall–Kier alpha value is -3.50. The monoisotopic (exact) mass is 508 g/mol. The first-order valence-corrected chi connectivity index (χ1v) is 13.4. The molecule has 1 aliphatic heterocycles. The van der Waals surface area contributed by atoms with Gasteiger partial charge in [0, 0.05) is 24.4 Å². The van der Waals surface area contributed by atoms with Crippen LogP contribution in [0.25, 0.3) is 33.3 Å². The maximum Gasteiger partial charge on any atom is 0.150 e. The number of aromatic nitrogens is 6. The topological polar surface area (TPSA) is 116 Å². The van der Waals surface area contributed by atoms with Gasteiger partial charge in [-0.05, 0) is 43.5 Å². The Balaban J connectivity index is 1.27. The van der Waals surface area contributed by atoms with Gasteiger partial charge in [0.05, 0.1) is 46.1 Å². The zero-order chi connectivity index (χ0) is 24.2. The molecule has 4 heterocycles. The quantitative estimate of drug-likeness (QED) is 0.370. The van der Waals surface area contributed by atoms with Crippen LogP contribution < -0.4 is 4.74 Å². The van der Waals surface area contributed by atoms with Gasteiger partial charge in [0.15, 0.2) is 9.84 Å². The predicted molar refractivity (Wildman–Crippen MR) is 133 cm³/mol. The lowest BCUT2D eigenvalue weighted by Crippen LogP contribution is -2.12. The van der Waals surface area contributed by atoms with Crippen molar-refractivity contribution in [1.29, 1.82) is 0 Å². The SMILES string of the molecule is Cc1nc2ccc(Oc3ccc4ncc(-c5cnn(C[C@@H]6CCS(=O)(=O)C6)c5)nc4c3Cl)cc2[nH]1. The van der Waals surface area contributed by atoms with Crippen LogP contribution in [0, 0.1) is 12.8 Å². The lowest BCUT2D eigenvalue weighted by atomic mass is 10.1. The number of nitrogens with one attached hydrogen (secondary N) is 1. The van der Waals surface area contributed by atoms with Crippen LogP contribution in [0.1, 0.15) is 12.2 Å². The minimum absolute atomic E-state index is 0.0782. The number of ether oxygens (including phenoxy) is 1. The van der Waals surface area contributed by atoms with Crippen LogP contribution in [0.15, 0.2) is 48.9 Å². The Bertz CT molecular complexity index is 1690. The first-order valence-electron chi connectivity index (χ1n) is 11.2. The fraction of sp³-hybridized carbons (Fsp3) is 0.250. The standard InChI is InChI=1S/C24H21ClN6O3S/c1-14-28-18-3-2-17(8-20(18)29-14)34-22-5-4-19-24(23(22)25)30-21(10-26-19)16-9-27-31(12-16)11-15-6-7-35(32,33)13-15/h2-5,8-10,12,15H,6-7,11,13H2,1H3,(H,28,29)/t15-/m0/s1. The van der Waals surface area contributed by atoms with Crippen LogP contribution in [0.2, 0.25) is 5.02 Å². The summed E-state index contributed by atoms with van der Waals surface area (Å²) >= 11 is 6.69. The van der Waals surface area contributed by atoms with E-state index in [9.17, 15) is 8.42 Å². The Labute approximate surface area is 206 Å². The van der Waals surface area contributed by atoms with E-state index in [0.717, 1.165) is 22.4 Å². The second-order valence-corrected chi connectivity index (χ2v) is 11.4. The van der Waals surface area contributed by atoms with E-state index in [0.29, 0.717) is 46.2 Å². The number of aromatic amines is 1. The number of hydrogen-bond acceptors (Lipinski definition) is 7. The third-order valence-electron chi connectivity index (χ3n) is 6.12. The number of sulfone groups is 1. The highest BCUT2D eigenvalue weighted by Gasteiger charge is 2.28. The van der Waals surface area contributed by atoms with Gasteiger partial charge in [-0.15, -0.1) is 0 Å². The molecular formula is C24H21ClN6O3S. The summed E-state index contributed by atoms with van der Waals surface area (Å²) in [7, 11) is -2.92. The van der Waals surface area contributed by atoms with E-state index in [4.69, 9.17) is 21.3 Å². The zero-order valence-electron chi connectivity index (χ0n) is 18.8. The molecule has 1 atom stereocenters. The third-order valence-corrected chi connectivity index (χ3v) is 8.32. The fourth-order valence-corrected chi connectivity index (χ4v) is 6.52. The van der Waals surface area contributed by atoms with Crippen LogP contribution in [-0.4, -0.2) is 49.6 Å². The van der Waals surface area contributed by atoms with E-state index in [1.165, 1.54) is 0 Å². The maximum absolute atomic E-state index is 11.7. The van der Waals surface area contributed by atoms with Crippen molar-refractivity contribution in [3.05, 3.63) is 59.8 Å². The van der Waals surface area contributed by atoms with E-state index < -0.39 is 9.84 Å². The molecule has 2 aromatic carbocycles. The summed E-state index contributed by atoms with van der Waals surface area (Å²) in [6.07, 6.45) is 5.90. The van der Waals surface area contributed by atoms with Crippen LogP contribution in [0.3, 0.4) is 0 Å². The van der Waals surface area contributed by atoms with Crippen LogP contribution in [0.4, 0.5) is 0 Å². The van der Waals surface area contributed by atoms with Crippen molar-refractivity contribution in [3.8, 4) is 22.8 Å². The van der Waals surface area contributed by atoms with Crippen LogP contribution in [0.5, 0.6) is 11.5 Å². The van der Waals surface area contributed by atoms with E-state index in [1.54, 1.807) is 23.1 Å². The van der Waals surface area contributed by atoms with E-state index in [-0.39, 0.29) is 17.4 Å². The maximum atomic E-state index is 11.7. The van der Waals surface area contributed by atoms with Gasteiger partial charge in [-0.3, -0.25) is 9.67 Å². The molecule has 1 N–H and O–H groups in total. The number of benzene rings is 2. The first-order chi connectivity index (χ1) is 16.8. The largest absolute Gasteiger partial charge is 0.456 e. The summed E-state index contributed by atoms with van der Waals surface area (Å²) < 4.78 is 31.3. The molecule has 0 aliphatic carbocycles. The van der Waals surface area contributed by atoms with Crippen molar-refractivity contribution < 1.29 is 13.2 Å². The Morgan fingerprint density at radius 1 is 1.17 bits per heavy atom. The van der Waals surface area contributed by atoms with Crippen molar-refractivity contribution in [2.75, 3.05) is 11.5 Å². The molecule has 178 valence electrons. The first kappa shape index (κ1) is 22.0. The van der Waals surface area contributed by atoms with Gasteiger partial charge in [-0.25, -0.2) is 18.4 Å². The highest BCUT2D eigenvalue weighted by atomic mass is 35.5. The van der Waals surface area contributed by atoms with Gasteiger partial charge in [0.2, 0.25) is 0 Å². The van der Waals surface area contributed by atoms with Crippen LogP contribution in [-0.2, 0) is 16.4 Å². The van der Waals surface area contributed by atoms with Crippen molar-refractivity contribution in [1.82, 2.24) is 29.7 Å². The molecule has 1 fully saturated rings. The molecule has 0 radical (unpaired) electrons. The molecule has 0 unspecified atom stereocenters. The summed E-state index contributed by atoms with van der Waals surface area (Å²) in [5.41, 5.74) is 4.32. The molecule has 6 rings (SSSR count). The lowest BCUT2D eigenvalue weighted by Gasteiger charge is -2.10. The fourth-order valence-electron chi connectivity index (χ4n) is 4.43. The van der Waals surface area contributed by atoms with Gasteiger partial charge in [0.25, 0.3) is 0 Å². The van der Waals surface area contributed by atoms with Gasteiger partial charge >= 0.3 is 0 Å². The van der Waals surface area contributed by atoms with E-state index >= 15 is 0 Å². The molecule has 5 aromatic rings. The molecule has 11 heteroatoms. The summed E-state index contributed by atoms with van der Waals surface area (Å²) in [4.78, 5) is 16.8. The molecule has 1 aliphatic rings. The number of fused-ring (bicyclic) bond motifs is 2. The second-order valence-electron chi connectivity index (χ2n) is 8.82. The zero-order valence-corrected chi connectivity index (χ0v) is 20.3. The van der Waals surface area contributed by atoms with Gasteiger partial charge < -0.3 is 9.72 Å². The molecule has 0 bridgehead atoms. The molecular weight excluding hydrogens is 488 g/mol. The van der Waals surface area contributed by atoms with Gasteiger partial charge in [-0.2, -0.15) is 5.10 Å². The van der Waals surface area contributed by atoms with Gasteiger partial charge in [-0.1, -0.05) is 11.6 Å². The highest BCUT2D eigenvalue weighted by molar-refractivity contribution is 7.91. The van der Waals surface area contributed by atoms with Crippen molar-refractivity contribution in [2.45, 2.75) is 19.9 Å². The summed E-state index contributed by atoms with van der Waals surface area (Å²) in [5, 5.41) is 4.76. The lowest BCUT2D eigenvalue weighted by molar-refractivity contribution is 0.458. The Morgan fingerprint density at radius 2 is 2.03 bits per heavy atom. The average molecular weight is 509 g/mol. The Kier molecular flexibility index (Phi) is 5.23. The summed E-state index contributed by atoms with van der Waals surface area (Å²) in [6.45, 7) is 2.46. The molecule has 9 nitrogen and oxygen atoms in total. The normalized spacial score (nSPS) is 17.4. The molecule has 1 saturated heterocycles. The van der Waals surface area contributed by atoms with E-state index in [1.807, 2.05) is 37.4 Å². The summed E-state index contributed by atoms with van der Waals surface area (Å²) in [5.74, 6) is 2.47. The third kappa shape index (κ3) is 4.35. The molecule has 0 amide bonds. The number of halogens is 1. The van der Waals surface area contributed by atoms with Gasteiger partial charge in [0.1, 0.15) is 27.9 Å². The molecule has 0 saturated carbocycles.